The third kappa shape index (κ3) is 5.22. The smallest absolute Gasteiger partial charge is 0.225 e. The molecule has 1 amide bonds. The summed E-state index contributed by atoms with van der Waals surface area (Å²) in [7, 11) is -3.40. The van der Waals surface area contributed by atoms with Crippen LogP contribution in [0, 0.1) is 11.7 Å². The lowest BCUT2D eigenvalue weighted by Crippen LogP contribution is -2.48. The Morgan fingerprint density at radius 1 is 1.21 bits per heavy atom. The fourth-order valence-corrected chi connectivity index (χ4v) is 4.75. The molecule has 7 heteroatoms. The summed E-state index contributed by atoms with van der Waals surface area (Å²) < 4.78 is 40.5. The number of sulfonamides is 1. The highest BCUT2D eigenvalue weighted by Crippen LogP contribution is 2.27. The molecular formula is C22H27FN2O3S. The lowest BCUT2D eigenvalue weighted by atomic mass is 9.96. The summed E-state index contributed by atoms with van der Waals surface area (Å²) in [6, 6.07) is 13.5. The Kier molecular flexibility index (Phi) is 6.39. The maximum atomic E-state index is 14.2. The zero-order valence-electron chi connectivity index (χ0n) is 16.9. The first-order valence-corrected chi connectivity index (χ1v) is 11.7. The number of amides is 1. The van der Waals surface area contributed by atoms with Gasteiger partial charge >= 0.3 is 0 Å². The van der Waals surface area contributed by atoms with Gasteiger partial charge in [0, 0.05) is 24.1 Å². The van der Waals surface area contributed by atoms with Crippen LogP contribution in [0.25, 0.3) is 11.1 Å². The van der Waals surface area contributed by atoms with Crippen LogP contribution < -0.4 is 4.72 Å². The van der Waals surface area contributed by atoms with Crippen molar-refractivity contribution in [2.45, 2.75) is 38.8 Å². The van der Waals surface area contributed by atoms with Crippen LogP contribution in [0.1, 0.15) is 25.8 Å². The molecule has 0 saturated carbocycles. The standard InChI is InChI=1S/C22H27FN2O3S/c1-15(2)22(26)25-12-11-20(24-29(3,27)28)21(25)14-16-7-6-8-17(13-16)18-9-4-5-10-19(18)23/h4-10,13,15,20-21,24H,11-12,14H2,1-3H3/t20-,21-/m0/s1. The Bertz CT molecular complexity index is 991. The quantitative estimate of drug-likeness (QED) is 0.783. The molecule has 0 aliphatic carbocycles. The summed E-state index contributed by atoms with van der Waals surface area (Å²) >= 11 is 0. The van der Waals surface area contributed by atoms with Crippen LogP contribution in [0.4, 0.5) is 4.39 Å². The summed E-state index contributed by atoms with van der Waals surface area (Å²) in [5, 5.41) is 0. The van der Waals surface area contributed by atoms with E-state index in [-0.39, 0.29) is 29.7 Å². The van der Waals surface area contributed by atoms with Crippen LogP contribution in [-0.2, 0) is 21.2 Å². The van der Waals surface area contributed by atoms with Crippen LogP contribution in [0.3, 0.4) is 0 Å². The summed E-state index contributed by atoms with van der Waals surface area (Å²) in [4.78, 5) is 14.5. The van der Waals surface area contributed by atoms with Crippen molar-refractivity contribution < 1.29 is 17.6 Å². The van der Waals surface area contributed by atoms with Crippen LogP contribution in [-0.4, -0.2) is 44.1 Å². The Morgan fingerprint density at radius 3 is 2.59 bits per heavy atom. The van der Waals surface area contributed by atoms with Gasteiger partial charge in [-0.15, -0.1) is 0 Å². The highest BCUT2D eigenvalue weighted by atomic mass is 32.2. The monoisotopic (exact) mass is 418 g/mol. The molecule has 1 aliphatic heterocycles. The van der Waals surface area contributed by atoms with E-state index in [0.29, 0.717) is 24.9 Å². The number of likely N-dealkylation sites (tertiary alicyclic amines) is 1. The minimum absolute atomic E-state index is 0.0121. The summed E-state index contributed by atoms with van der Waals surface area (Å²) in [6.07, 6.45) is 2.20. The molecule has 2 aromatic rings. The number of carbonyl (C=O) groups excluding carboxylic acids is 1. The van der Waals surface area contributed by atoms with Crippen molar-refractivity contribution in [3.63, 3.8) is 0 Å². The van der Waals surface area contributed by atoms with Crippen molar-refractivity contribution in [3.8, 4) is 11.1 Å². The van der Waals surface area contributed by atoms with Gasteiger partial charge in [0.2, 0.25) is 15.9 Å². The second kappa shape index (κ2) is 8.63. The van der Waals surface area contributed by atoms with Gasteiger partial charge in [-0.1, -0.05) is 56.3 Å². The summed E-state index contributed by atoms with van der Waals surface area (Å²) in [5.74, 6) is -0.448. The largest absolute Gasteiger partial charge is 0.337 e. The van der Waals surface area contributed by atoms with Crippen LogP contribution in [0.5, 0.6) is 0 Å². The lowest BCUT2D eigenvalue weighted by molar-refractivity contribution is -0.135. The molecule has 1 aliphatic rings. The predicted octanol–water partition coefficient (Wildman–Crippen LogP) is 3.21. The molecule has 2 aromatic carbocycles. The van der Waals surface area contributed by atoms with E-state index in [1.54, 1.807) is 23.1 Å². The Balaban J connectivity index is 1.90. The normalized spacial score (nSPS) is 19.7. The zero-order valence-corrected chi connectivity index (χ0v) is 17.7. The molecule has 0 radical (unpaired) electrons. The van der Waals surface area contributed by atoms with Gasteiger partial charge in [0.05, 0.1) is 12.3 Å². The molecule has 5 nitrogen and oxygen atoms in total. The van der Waals surface area contributed by atoms with Crippen molar-refractivity contribution in [1.29, 1.82) is 0 Å². The van der Waals surface area contributed by atoms with E-state index in [2.05, 4.69) is 4.72 Å². The highest BCUT2D eigenvalue weighted by Gasteiger charge is 2.38. The second-order valence-corrected chi connectivity index (χ2v) is 9.70. The Morgan fingerprint density at radius 2 is 1.93 bits per heavy atom. The zero-order chi connectivity index (χ0) is 21.2. The number of nitrogens with one attached hydrogen (secondary N) is 1. The number of benzene rings is 2. The SMILES string of the molecule is CC(C)C(=O)N1CC[C@H](NS(C)(=O)=O)[C@@H]1Cc1cccc(-c2ccccc2F)c1. The van der Waals surface area contributed by atoms with Crippen LogP contribution >= 0.6 is 0 Å². The van der Waals surface area contributed by atoms with Gasteiger partial charge < -0.3 is 4.90 Å². The molecule has 0 unspecified atom stereocenters. The molecule has 0 aromatic heterocycles. The molecule has 2 atom stereocenters. The molecule has 1 fully saturated rings. The fraction of sp³-hybridized carbons (Fsp3) is 0.409. The van der Waals surface area contributed by atoms with Gasteiger partial charge in [0.1, 0.15) is 5.82 Å². The van der Waals surface area contributed by atoms with Crippen molar-refractivity contribution in [1.82, 2.24) is 9.62 Å². The predicted molar refractivity (Wildman–Crippen MR) is 112 cm³/mol. The van der Waals surface area contributed by atoms with Crippen molar-refractivity contribution in [3.05, 3.63) is 59.9 Å². The van der Waals surface area contributed by atoms with Gasteiger partial charge in [-0.3, -0.25) is 4.79 Å². The van der Waals surface area contributed by atoms with Gasteiger partial charge in [-0.05, 0) is 30.0 Å². The molecule has 156 valence electrons. The Labute approximate surface area is 172 Å². The van der Waals surface area contributed by atoms with Crippen molar-refractivity contribution >= 4 is 15.9 Å². The minimum Gasteiger partial charge on any atom is -0.337 e. The first kappa shape index (κ1) is 21.5. The van der Waals surface area contributed by atoms with E-state index < -0.39 is 10.0 Å². The maximum absolute atomic E-state index is 14.2. The van der Waals surface area contributed by atoms with Crippen molar-refractivity contribution in [2.24, 2.45) is 5.92 Å². The van der Waals surface area contributed by atoms with E-state index in [1.807, 2.05) is 38.1 Å². The van der Waals surface area contributed by atoms with E-state index >= 15 is 0 Å². The van der Waals surface area contributed by atoms with Gasteiger partial charge in [0.15, 0.2) is 0 Å². The number of carbonyl (C=O) groups is 1. The first-order chi connectivity index (χ1) is 13.7. The number of rotatable bonds is 6. The van der Waals surface area contributed by atoms with Crippen LogP contribution in [0.2, 0.25) is 0 Å². The molecule has 1 saturated heterocycles. The average Bonchev–Trinajstić information content (AvgIpc) is 3.02. The van der Waals surface area contributed by atoms with Crippen LogP contribution in [0.15, 0.2) is 48.5 Å². The number of halogens is 1. The molecule has 1 heterocycles. The van der Waals surface area contributed by atoms with Gasteiger partial charge in [-0.25, -0.2) is 17.5 Å². The van der Waals surface area contributed by atoms with Gasteiger partial charge in [0.25, 0.3) is 0 Å². The molecule has 29 heavy (non-hydrogen) atoms. The minimum atomic E-state index is -3.40. The third-order valence-electron chi connectivity index (χ3n) is 5.24. The van der Waals surface area contributed by atoms with E-state index in [4.69, 9.17) is 0 Å². The molecule has 0 spiro atoms. The van der Waals surface area contributed by atoms with Crippen molar-refractivity contribution in [2.75, 3.05) is 12.8 Å². The molecule has 1 N–H and O–H groups in total. The molecule has 3 rings (SSSR count). The summed E-state index contributed by atoms with van der Waals surface area (Å²) in [5.41, 5.74) is 2.20. The first-order valence-electron chi connectivity index (χ1n) is 9.77. The molecule has 0 bridgehead atoms. The number of hydrogen-bond donors (Lipinski definition) is 1. The number of nitrogens with zero attached hydrogens (tertiary/aromatic N) is 1. The Hall–Kier alpha value is -2.25. The van der Waals surface area contributed by atoms with E-state index in [0.717, 1.165) is 17.4 Å². The van der Waals surface area contributed by atoms with E-state index in [9.17, 15) is 17.6 Å². The molecular weight excluding hydrogens is 391 g/mol. The average molecular weight is 419 g/mol. The summed E-state index contributed by atoms with van der Waals surface area (Å²) in [6.45, 7) is 4.20. The van der Waals surface area contributed by atoms with E-state index in [1.165, 1.54) is 6.07 Å². The highest BCUT2D eigenvalue weighted by molar-refractivity contribution is 7.88. The van der Waals surface area contributed by atoms with Gasteiger partial charge in [-0.2, -0.15) is 0 Å². The maximum Gasteiger partial charge on any atom is 0.225 e. The number of hydrogen-bond acceptors (Lipinski definition) is 3. The fourth-order valence-electron chi connectivity index (χ4n) is 3.93. The lowest BCUT2D eigenvalue weighted by Gasteiger charge is -2.30. The topological polar surface area (TPSA) is 66.5 Å². The third-order valence-corrected chi connectivity index (χ3v) is 5.98. The second-order valence-electron chi connectivity index (χ2n) is 7.92.